The Hall–Kier alpha value is -2.39. The van der Waals surface area contributed by atoms with Crippen LogP contribution in [0.3, 0.4) is 0 Å². The molecule has 134 valence electrons. The lowest BCUT2D eigenvalue weighted by Gasteiger charge is -2.05. The van der Waals surface area contributed by atoms with Crippen molar-refractivity contribution in [3.8, 4) is 0 Å². The molecule has 1 heterocycles. The fourth-order valence-electron chi connectivity index (χ4n) is 2.01. The second-order valence-corrected chi connectivity index (χ2v) is 7.40. The van der Waals surface area contributed by atoms with Gasteiger partial charge in [0.15, 0.2) is 4.34 Å². The third-order valence-electron chi connectivity index (χ3n) is 3.24. The fourth-order valence-corrected chi connectivity index (χ4v) is 3.87. The van der Waals surface area contributed by atoms with Crippen LogP contribution in [-0.4, -0.2) is 22.9 Å². The van der Waals surface area contributed by atoms with Gasteiger partial charge in [0.2, 0.25) is 0 Å². The van der Waals surface area contributed by atoms with Crippen LogP contribution >= 0.6 is 23.1 Å². The Bertz CT molecular complexity index is 903. The number of carbonyl (C=O) groups excluding carboxylic acids is 1. The summed E-state index contributed by atoms with van der Waals surface area (Å²) >= 11 is 2.81. The molecular weight excluding hydrogens is 383 g/mol. The lowest BCUT2D eigenvalue weighted by atomic mass is 10.1. The first kappa shape index (κ1) is 18.4. The van der Waals surface area contributed by atoms with Gasteiger partial charge in [0.05, 0.1) is 27.7 Å². The van der Waals surface area contributed by atoms with Crippen molar-refractivity contribution in [2.75, 3.05) is 5.75 Å². The van der Waals surface area contributed by atoms with E-state index in [1.54, 1.807) is 0 Å². The summed E-state index contributed by atoms with van der Waals surface area (Å²) in [6, 6.07) is 12.2. The van der Waals surface area contributed by atoms with Crippen LogP contribution < -0.4 is 5.43 Å². The molecule has 0 fully saturated rings. The average molecular weight is 395 g/mol. The molecule has 1 aromatic heterocycles. The molecule has 26 heavy (non-hydrogen) atoms. The summed E-state index contributed by atoms with van der Waals surface area (Å²) in [4.78, 5) is 16.2. The number of nitrogens with zero attached hydrogens (tertiary/aromatic N) is 2. The van der Waals surface area contributed by atoms with Gasteiger partial charge in [0.1, 0.15) is 0 Å². The van der Waals surface area contributed by atoms with Crippen LogP contribution in [0.2, 0.25) is 0 Å². The summed E-state index contributed by atoms with van der Waals surface area (Å²) in [7, 11) is 0. The molecule has 0 spiro atoms. The molecule has 1 amide bonds. The number of thiazole rings is 1. The predicted molar refractivity (Wildman–Crippen MR) is 97.5 cm³/mol. The van der Waals surface area contributed by atoms with E-state index in [-0.39, 0.29) is 11.7 Å². The molecule has 0 bridgehead atoms. The van der Waals surface area contributed by atoms with Crippen molar-refractivity contribution in [3.63, 3.8) is 0 Å². The average Bonchev–Trinajstić information content (AvgIpc) is 3.03. The molecular formula is C17H12F3N3OS2. The van der Waals surface area contributed by atoms with Gasteiger partial charge in [-0.3, -0.25) is 4.79 Å². The lowest BCUT2D eigenvalue weighted by Crippen LogP contribution is -2.19. The predicted octanol–water partition coefficient (Wildman–Crippen LogP) is 4.56. The third kappa shape index (κ3) is 4.83. The highest BCUT2D eigenvalue weighted by Gasteiger charge is 2.29. The second-order valence-electron chi connectivity index (χ2n) is 5.15. The van der Waals surface area contributed by atoms with Crippen molar-refractivity contribution < 1.29 is 18.0 Å². The van der Waals surface area contributed by atoms with Crippen molar-refractivity contribution >= 4 is 45.4 Å². The number of carbonyl (C=O) groups is 1. The summed E-state index contributed by atoms with van der Waals surface area (Å²) in [6.45, 7) is 0. The Balaban J connectivity index is 1.49. The van der Waals surface area contributed by atoms with Crippen molar-refractivity contribution in [1.29, 1.82) is 0 Å². The van der Waals surface area contributed by atoms with E-state index in [1.165, 1.54) is 41.4 Å². The maximum Gasteiger partial charge on any atom is 0.416 e. The van der Waals surface area contributed by atoms with Crippen LogP contribution in [0.4, 0.5) is 13.2 Å². The number of hydrogen-bond donors (Lipinski definition) is 1. The highest BCUT2D eigenvalue weighted by Crippen LogP contribution is 2.29. The molecule has 0 aliphatic rings. The van der Waals surface area contributed by atoms with Crippen molar-refractivity contribution in [2.24, 2.45) is 5.10 Å². The minimum Gasteiger partial charge on any atom is -0.272 e. The molecule has 0 unspecified atom stereocenters. The van der Waals surface area contributed by atoms with Gasteiger partial charge in [-0.2, -0.15) is 18.3 Å². The van der Waals surface area contributed by atoms with Gasteiger partial charge < -0.3 is 0 Å². The van der Waals surface area contributed by atoms with E-state index in [1.807, 2.05) is 24.3 Å². The SMILES string of the molecule is O=C(CSc1nc2ccccc2s1)N/N=C/c1ccc(C(F)(F)F)cc1. The third-order valence-corrected chi connectivity index (χ3v) is 5.42. The van der Waals surface area contributed by atoms with Crippen LogP contribution in [-0.2, 0) is 11.0 Å². The first-order valence-electron chi connectivity index (χ1n) is 7.39. The summed E-state index contributed by atoms with van der Waals surface area (Å²) in [6.07, 6.45) is -3.08. The summed E-state index contributed by atoms with van der Waals surface area (Å²) in [5.41, 5.74) is 2.96. The first-order chi connectivity index (χ1) is 12.4. The van der Waals surface area contributed by atoms with Gasteiger partial charge in [0, 0.05) is 0 Å². The monoisotopic (exact) mass is 395 g/mol. The number of aromatic nitrogens is 1. The number of para-hydroxylation sites is 1. The number of hydrogen-bond acceptors (Lipinski definition) is 5. The van der Waals surface area contributed by atoms with Crippen molar-refractivity contribution in [2.45, 2.75) is 10.5 Å². The Morgan fingerprint density at radius 3 is 2.62 bits per heavy atom. The maximum atomic E-state index is 12.5. The molecule has 0 atom stereocenters. The molecule has 0 saturated heterocycles. The topological polar surface area (TPSA) is 54.4 Å². The number of nitrogens with one attached hydrogen (secondary N) is 1. The molecule has 4 nitrogen and oxygen atoms in total. The van der Waals surface area contributed by atoms with E-state index in [9.17, 15) is 18.0 Å². The van der Waals surface area contributed by atoms with E-state index in [0.717, 1.165) is 26.7 Å². The van der Waals surface area contributed by atoms with Gasteiger partial charge in [-0.15, -0.1) is 11.3 Å². The highest BCUT2D eigenvalue weighted by molar-refractivity contribution is 8.01. The van der Waals surface area contributed by atoms with Gasteiger partial charge in [-0.1, -0.05) is 36.0 Å². The van der Waals surface area contributed by atoms with E-state index in [4.69, 9.17) is 0 Å². The van der Waals surface area contributed by atoms with E-state index in [0.29, 0.717) is 5.56 Å². The lowest BCUT2D eigenvalue weighted by molar-refractivity contribution is -0.137. The molecule has 3 rings (SSSR count). The number of fused-ring (bicyclic) bond motifs is 1. The second kappa shape index (κ2) is 7.88. The largest absolute Gasteiger partial charge is 0.416 e. The molecule has 0 aliphatic heterocycles. The normalized spacial score (nSPS) is 12.0. The number of halogens is 3. The molecule has 0 aliphatic carbocycles. The van der Waals surface area contributed by atoms with E-state index >= 15 is 0 Å². The summed E-state index contributed by atoms with van der Waals surface area (Å²) in [5.74, 6) is -0.179. The van der Waals surface area contributed by atoms with Crippen molar-refractivity contribution in [1.82, 2.24) is 10.4 Å². The van der Waals surface area contributed by atoms with Crippen molar-refractivity contribution in [3.05, 3.63) is 59.7 Å². The van der Waals surface area contributed by atoms with E-state index in [2.05, 4.69) is 15.5 Å². The molecule has 2 aromatic carbocycles. The number of rotatable bonds is 5. The molecule has 1 N–H and O–H groups in total. The number of hydrazone groups is 1. The Morgan fingerprint density at radius 2 is 1.92 bits per heavy atom. The molecule has 0 radical (unpaired) electrons. The fraction of sp³-hybridized carbons (Fsp3) is 0.118. The smallest absolute Gasteiger partial charge is 0.272 e. The summed E-state index contributed by atoms with van der Waals surface area (Å²) in [5, 5.41) is 3.75. The number of benzene rings is 2. The quantitative estimate of drug-likeness (QED) is 0.392. The Labute approximate surface area is 155 Å². The standard InChI is InChI=1S/C17H12F3N3OS2/c18-17(19,20)12-7-5-11(6-8-12)9-21-23-15(24)10-25-16-22-13-3-1-2-4-14(13)26-16/h1-9H,10H2,(H,23,24)/b21-9+. The highest BCUT2D eigenvalue weighted by atomic mass is 32.2. The van der Waals surface area contributed by atoms with Crippen LogP contribution in [0.15, 0.2) is 58.0 Å². The molecule has 0 saturated carbocycles. The van der Waals surface area contributed by atoms with Crippen LogP contribution in [0.25, 0.3) is 10.2 Å². The minimum atomic E-state index is -4.37. The van der Waals surface area contributed by atoms with Gasteiger partial charge in [-0.05, 0) is 29.8 Å². The van der Waals surface area contributed by atoms with E-state index < -0.39 is 11.7 Å². The number of amides is 1. The zero-order valence-electron chi connectivity index (χ0n) is 13.2. The summed E-state index contributed by atoms with van der Waals surface area (Å²) < 4.78 is 39.3. The van der Waals surface area contributed by atoms with Gasteiger partial charge >= 0.3 is 6.18 Å². The molecule has 3 aromatic rings. The molecule has 9 heteroatoms. The van der Waals surface area contributed by atoms with Crippen LogP contribution in [0.1, 0.15) is 11.1 Å². The minimum absolute atomic E-state index is 0.143. The number of thioether (sulfide) groups is 1. The maximum absolute atomic E-state index is 12.5. The Morgan fingerprint density at radius 1 is 1.19 bits per heavy atom. The van der Waals surface area contributed by atoms with Gasteiger partial charge in [-0.25, -0.2) is 10.4 Å². The Kier molecular flexibility index (Phi) is 5.58. The van der Waals surface area contributed by atoms with Crippen LogP contribution in [0.5, 0.6) is 0 Å². The zero-order chi connectivity index (χ0) is 18.6. The number of alkyl halides is 3. The van der Waals surface area contributed by atoms with Gasteiger partial charge in [0.25, 0.3) is 5.91 Å². The van der Waals surface area contributed by atoms with Crippen LogP contribution in [0, 0.1) is 0 Å². The first-order valence-corrected chi connectivity index (χ1v) is 9.19. The zero-order valence-corrected chi connectivity index (χ0v) is 14.8.